The summed E-state index contributed by atoms with van der Waals surface area (Å²) in [5, 5.41) is 2.54. The quantitative estimate of drug-likeness (QED) is 0.829. The third kappa shape index (κ3) is 4.05. The van der Waals surface area contributed by atoms with Gasteiger partial charge < -0.3 is 25.4 Å². The van der Waals surface area contributed by atoms with Crippen molar-refractivity contribution in [1.29, 1.82) is 0 Å². The van der Waals surface area contributed by atoms with Gasteiger partial charge in [-0.15, -0.1) is 0 Å². The summed E-state index contributed by atoms with van der Waals surface area (Å²) in [6, 6.07) is 13.6. The Hall–Kier alpha value is -3.22. The number of aryl methyl sites for hydroxylation is 1. The predicted molar refractivity (Wildman–Crippen MR) is 97.2 cm³/mol. The Morgan fingerprint density at radius 3 is 2.62 bits per heavy atom. The molecule has 3 rings (SSSR count). The van der Waals surface area contributed by atoms with Gasteiger partial charge in [0.2, 0.25) is 12.7 Å². The first-order chi connectivity index (χ1) is 12.5. The lowest BCUT2D eigenvalue weighted by Gasteiger charge is -2.24. The molecule has 0 saturated heterocycles. The van der Waals surface area contributed by atoms with Crippen molar-refractivity contribution < 1.29 is 19.1 Å². The number of nitrogens with zero attached hydrogens (tertiary/aromatic N) is 1. The van der Waals surface area contributed by atoms with Crippen LogP contribution >= 0.6 is 0 Å². The van der Waals surface area contributed by atoms with Gasteiger partial charge in [0.05, 0.1) is 0 Å². The number of rotatable bonds is 6. The largest absolute Gasteiger partial charge is 0.454 e. The Morgan fingerprint density at radius 2 is 1.88 bits per heavy atom. The molecule has 26 heavy (non-hydrogen) atoms. The van der Waals surface area contributed by atoms with Gasteiger partial charge in [0.15, 0.2) is 11.5 Å². The highest BCUT2D eigenvalue weighted by molar-refractivity contribution is 5.98. The van der Waals surface area contributed by atoms with E-state index in [0.29, 0.717) is 30.0 Å². The number of urea groups is 1. The van der Waals surface area contributed by atoms with Gasteiger partial charge in [-0.05, 0) is 30.5 Å². The molecule has 0 bridgehead atoms. The fourth-order valence-electron chi connectivity index (χ4n) is 2.84. The van der Waals surface area contributed by atoms with Gasteiger partial charge in [-0.3, -0.25) is 4.79 Å². The molecule has 7 heteroatoms. The van der Waals surface area contributed by atoms with Crippen LogP contribution in [0.3, 0.4) is 0 Å². The summed E-state index contributed by atoms with van der Waals surface area (Å²) in [6.07, 6.45) is 1.09. The summed E-state index contributed by atoms with van der Waals surface area (Å²) in [7, 11) is 1.65. The number of hydrogen-bond donors (Lipinski definition) is 2. The van der Waals surface area contributed by atoms with Crippen molar-refractivity contribution in [2.24, 2.45) is 5.73 Å². The van der Waals surface area contributed by atoms with Crippen LogP contribution in [0.1, 0.15) is 12.0 Å². The molecule has 1 atom stereocenters. The van der Waals surface area contributed by atoms with Gasteiger partial charge in [-0.2, -0.15) is 0 Å². The molecule has 3 amide bonds. The first-order valence-corrected chi connectivity index (χ1v) is 8.31. The second kappa shape index (κ2) is 7.77. The maximum Gasteiger partial charge on any atom is 0.312 e. The van der Waals surface area contributed by atoms with Gasteiger partial charge in [0, 0.05) is 18.8 Å². The van der Waals surface area contributed by atoms with Crippen molar-refractivity contribution in [2.45, 2.75) is 18.9 Å². The molecule has 0 saturated carbocycles. The molecule has 1 aliphatic rings. The number of amides is 3. The number of likely N-dealkylation sites (N-methyl/N-ethyl adjacent to an activating group) is 1. The number of carbonyl (C=O) groups is 2. The van der Waals surface area contributed by atoms with Crippen LogP contribution in [0.4, 0.5) is 10.5 Å². The third-order valence-electron chi connectivity index (χ3n) is 4.25. The van der Waals surface area contributed by atoms with Gasteiger partial charge >= 0.3 is 6.03 Å². The Labute approximate surface area is 151 Å². The Kier molecular flexibility index (Phi) is 5.26. The molecular formula is C19H21N3O4. The number of hydrogen-bond acceptors (Lipinski definition) is 4. The van der Waals surface area contributed by atoms with Gasteiger partial charge in [-0.25, -0.2) is 4.79 Å². The molecule has 2 aromatic carbocycles. The normalized spacial score (nSPS) is 13.1. The average Bonchev–Trinajstić information content (AvgIpc) is 3.12. The van der Waals surface area contributed by atoms with Crippen LogP contribution in [-0.4, -0.2) is 31.8 Å². The lowest BCUT2D eigenvalue weighted by molar-refractivity contribution is -0.120. The van der Waals surface area contributed by atoms with E-state index >= 15 is 0 Å². The zero-order valence-corrected chi connectivity index (χ0v) is 14.5. The molecule has 3 N–H and O–H groups in total. The van der Waals surface area contributed by atoms with Crippen LogP contribution in [0, 0.1) is 0 Å². The van der Waals surface area contributed by atoms with Gasteiger partial charge in [0.1, 0.15) is 6.04 Å². The number of nitrogens with two attached hydrogens (primary N) is 1. The zero-order valence-electron chi connectivity index (χ0n) is 14.5. The number of primary amides is 1. The van der Waals surface area contributed by atoms with Crippen molar-refractivity contribution in [3.63, 3.8) is 0 Å². The minimum Gasteiger partial charge on any atom is -0.454 e. The number of carbonyl (C=O) groups excluding carboxylic acids is 2. The minimum absolute atomic E-state index is 0.166. The van der Waals surface area contributed by atoms with Crippen molar-refractivity contribution in [1.82, 2.24) is 5.32 Å². The molecule has 1 aliphatic heterocycles. The SMILES string of the molecule is CN(C(=O)[C@H](CCc1ccccc1)NC(N)=O)c1ccc2c(c1)OCO2. The molecule has 1 heterocycles. The fraction of sp³-hybridized carbons (Fsp3) is 0.263. The first kappa shape index (κ1) is 17.6. The highest BCUT2D eigenvalue weighted by Crippen LogP contribution is 2.35. The molecule has 0 aromatic heterocycles. The fourth-order valence-corrected chi connectivity index (χ4v) is 2.84. The standard InChI is InChI=1S/C19H21N3O4/c1-22(14-8-10-16-17(11-14)26-12-25-16)18(23)15(21-19(20)24)9-7-13-5-3-2-4-6-13/h2-6,8,10-11,15H,7,9,12H2,1H3,(H3,20,21,24)/t15-/m0/s1. The Bertz CT molecular complexity index is 795. The van der Waals surface area contributed by atoms with Crippen LogP contribution in [-0.2, 0) is 11.2 Å². The van der Waals surface area contributed by atoms with E-state index in [1.807, 2.05) is 30.3 Å². The maximum atomic E-state index is 12.9. The van der Waals surface area contributed by atoms with Crippen molar-refractivity contribution in [3.05, 3.63) is 54.1 Å². The summed E-state index contributed by atoms with van der Waals surface area (Å²) >= 11 is 0. The number of fused-ring (bicyclic) bond motifs is 1. The van der Waals surface area contributed by atoms with Crippen molar-refractivity contribution in [3.8, 4) is 11.5 Å². The first-order valence-electron chi connectivity index (χ1n) is 8.31. The van der Waals surface area contributed by atoms with Crippen LogP contribution in [0.15, 0.2) is 48.5 Å². The van der Waals surface area contributed by atoms with E-state index in [2.05, 4.69) is 5.32 Å². The molecule has 2 aromatic rings. The van der Waals surface area contributed by atoms with E-state index in [1.54, 1.807) is 25.2 Å². The molecule has 0 aliphatic carbocycles. The molecule has 0 unspecified atom stereocenters. The summed E-state index contributed by atoms with van der Waals surface area (Å²) < 4.78 is 10.6. The van der Waals surface area contributed by atoms with Crippen LogP contribution in [0.5, 0.6) is 11.5 Å². The highest BCUT2D eigenvalue weighted by atomic mass is 16.7. The lowest BCUT2D eigenvalue weighted by Crippen LogP contribution is -2.49. The number of benzene rings is 2. The van der Waals surface area contributed by atoms with E-state index in [0.717, 1.165) is 5.56 Å². The molecule has 7 nitrogen and oxygen atoms in total. The highest BCUT2D eigenvalue weighted by Gasteiger charge is 2.25. The van der Waals surface area contributed by atoms with Gasteiger partial charge in [-0.1, -0.05) is 30.3 Å². The second-order valence-electron chi connectivity index (χ2n) is 6.02. The van der Waals surface area contributed by atoms with Crippen LogP contribution in [0.25, 0.3) is 0 Å². The smallest absolute Gasteiger partial charge is 0.312 e. The predicted octanol–water partition coefficient (Wildman–Crippen LogP) is 2.05. The molecule has 0 spiro atoms. The molecule has 0 fully saturated rings. The molecule has 0 radical (unpaired) electrons. The Morgan fingerprint density at radius 1 is 1.15 bits per heavy atom. The summed E-state index contributed by atoms with van der Waals surface area (Å²) in [5.41, 5.74) is 6.99. The van der Waals surface area contributed by atoms with Crippen molar-refractivity contribution >= 4 is 17.6 Å². The van der Waals surface area contributed by atoms with E-state index in [1.165, 1.54) is 4.90 Å². The molecular weight excluding hydrogens is 334 g/mol. The minimum atomic E-state index is -0.726. The van der Waals surface area contributed by atoms with Crippen LogP contribution < -0.4 is 25.4 Å². The number of ether oxygens (including phenoxy) is 2. The number of nitrogens with one attached hydrogen (secondary N) is 1. The summed E-state index contributed by atoms with van der Waals surface area (Å²) in [6.45, 7) is 0.166. The van der Waals surface area contributed by atoms with E-state index in [-0.39, 0.29) is 12.7 Å². The van der Waals surface area contributed by atoms with E-state index in [4.69, 9.17) is 15.2 Å². The summed E-state index contributed by atoms with van der Waals surface area (Å²) in [4.78, 5) is 25.7. The lowest BCUT2D eigenvalue weighted by atomic mass is 10.0. The molecule has 136 valence electrons. The van der Waals surface area contributed by atoms with Crippen LogP contribution in [0.2, 0.25) is 0 Å². The number of anilines is 1. The third-order valence-corrected chi connectivity index (χ3v) is 4.25. The topological polar surface area (TPSA) is 93.9 Å². The Balaban J connectivity index is 1.72. The maximum absolute atomic E-state index is 12.9. The van der Waals surface area contributed by atoms with E-state index in [9.17, 15) is 9.59 Å². The zero-order chi connectivity index (χ0) is 18.5. The summed E-state index contributed by atoms with van der Waals surface area (Å²) in [5.74, 6) is 0.981. The van der Waals surface area contributed by atoms with E-state index < -0.39 is 12.1 Å². The second-order valence-corrected chi connectivity index (χ2v) is 6.02. The average molecular weight is 355 g/mol. The van der Waals surface area contributed by atoms with Crippen molar-refractivity contribution in [2.75, 3.05) is 18.7 Å². The van der Waals surface area contributed by atoms with Gasteiger partial charge in [0.25, 0.3) is 0 Å². The monoisotopic (exact) mass is 355 g/mol.